The Morgan fingerprint density at radius 2 is 2.12 bits per heavy atom. The first-order valence-electron chi connectivity index (χ1n) is 5.23. The molecule has 0 spiro atoms. The standard InChI is InChI=1S/C11H13N5O/c12-9-1-3-10(4-2-9)14-11(17)5-7-16-8-6-13-15-16/h1-4,6,8H,5,7,12H2,(H,14,17). The molecule has 1 aromatic heterocycles. The van der Waals surface area contributed by atoms with E-state index in [0.29, 0.717) is 18.7 Å². The lowest BCUT2D eigenvalue weighted by atomic mass is 10.3. The lowest BCUT2D eigenvalue weighted by Crippen LogP contribution is -2.14. The molecule has 88 valence electrons. The minimum absolute atomic E-state index is 0.0646. The Hall–Kier alpha value is -2.37. The van der Waals surface area contributed by atoms with Gasteiger partial charge in [-0.05, 0) is 24.3 Å². The van der Waals surface area contributed by atoms with Gasteiger partial charge < -0.3 is 11.1 Å². The molecule has 0 atom stereocenters. The number of carbonyl (C=O) groups excluding carboxylic acids is 1. The third-order valence-corrected chi connectivity index (χ3v) is 2.23. The fraction of sp³-hybridized carbons (Fsp3) is 0.182. The van der Waals surface area contributed by atoms with Crippen molar-refractivity contribution in [2.24, 2.45) is 0 Å². The molecule has 0 saturated heterocycles. The van der Waals surface area contributed by atoms with Gasteiger partial charge in [0, 0.05) is 24.0 Å². The predicted octanol–water partition coefficient (Wildman–Crippen LogP) is 0.889. The van der Waals surface area contributed by atoms with Gasteiger partial charge in [-0.25, -0.2) is 0 Å². The quantitative estimate of drug-likeness (QED) is 0.765. The molecule has 0 aliphatic carbocycles. The van der Waals surface area contributed by atoms with Crippen molar-refractivity contribution in [2.75, 3.05) is 11.1 Å². The normalized spacial score (nSPS) is 10.1. The van der Waals surface area contributed by atoms with Gasteiger partial charge in [-0.15, -0.1) is 5.10 Å². The van der Waals surface area contributed by atoms with Crippen LogP contribution in [0, 0.1) is 0 Å². The van der Waals surface area contributed by atoms with Gasteiger partial charge in [-0.2, -0.15) is 0 Å². The van der Waals surface area contributed by atoms with Crippen molar-refractivity contribution in [1.82, 2.24) is 15.0 Å². The summed E-state index contributed by atoms with van der Waals surface area (Å²) in [5.41, 5.74) is 6.96. The number of hydrogen-bond acceptors (Lipinski definition) is 4. The summed E-state index contributed by atoms with van der Waals surface area (Å²) < 4.78 is 1.61. The maximum Gasteiger partial charge on any atom is 0.226 e. The molecule has 0 aliphatic rings. The number of rotatable bonds is 4. The van der Waals surface area contributed by atoms with E-state index in [2.05, 4.69) is 15.6 Å². The van der Waals surface area contributed by atoms with E-state index in [9.17, 15) is 4.79 Å². The zero-order valence-corrected chi connectivity index (χ0v) is 9.21. The van der Waals surface area contributed by atoms with Crippen molar-refractivity contribution in [3.05, 3.63) is 36.7 Å². The second kappa shape index (κ2) is 5.11. The van der Waals surface area contributed by atoms with E-state index in [0.717, 1.165) is 5.69 Å². The Labute approximate surface area is 98.4 Å². The number of anilines is 2. The zero-order valence-electron chi connectivity index (χ0n) is 9.21. The fourth-order valence-corrected chi connectivity index (χ4v) is 1.36. The second-order valence-electron chi connectivity index (χ2n) is 3.59. The highest BCUT2D eigenvalue weighted by atomic mass is 16.1. The summed E-state index contributed by atoms with van der Waals surface area (Å²) in [4.78, 5) is 11.6. The Balaban J connectivity index is 1.83. The fourth-order valence-electron chi connectivity index (χ4n) is 1.36. The summed E-state index contributed by atoms with van der Waals surface area (Å²) in [6.07, 6.45) is 3.65. The summed E-state index contributed by atoms with van der Waals surface area (Å²) in [6.45, 7) is 0.515. The first kappa shape index (κ1) is 11.1. The van der Waals surface area contributed by atoms with Crippen molar-refractivity contribution in [1.29, 1.82) is 0 Å². The topological polar surface area (TPSA) is 85.8 Å². The molecule has 1 heterocycles. The minimum Gasteiger partial charge on any atom is -0.399 e. The number of carbonyl (C=O) groups is 1. The number of nitrogen functional groups attached to an aromatic ring is 1. The van der Waals surface area contributed by atoms with Gasteiger partial charge in [0.05, 0.1) is 12.7 Å². The minimum atomic E-state index is -0.0646. The van der Waals surface area contributed by atoms with E-state index in [1.165, 1.54) is 0 Å². The average molecular weight is 231 g/mol. The number of nitrogens with zero attached hydrogens (tertiary/aromatic N) is 3. The lowest BCUT2D eigenvalue weighted by Gasteiger charge is -2.05. The largest absolute Gasteiger partial charge is 0.399 e. The van der Waals surface area contributed by atoms with E-state index in [-0.39, 0.29) is 5.91 Å². The highest BCUT2D eigenvalue weighted by Crippen LogP contribution is 2.10. The third kappa shape index (κ3) is 3.30. The van der Waals surface area contributed by atoms with Gasteiger partial charge in [0.25, 0.3) is 0 Å². The van der Waals surface area contributed by atoms with Gasteiger partial charge >= 0.3 is 0 Å². The van der Waals surface area contributed by atoms with Crippen LogP contribution >= 0.6 is 0 Å². The molecule has 0 radical (unpaired) electrons. The van der Waals surface area contributed by atoms with Gasteiger partial charge in [0.15, 0.2) is 0 Å². The number of amides is 1. The van der Waals surface area contributed by atoms with E-state index < -0.39 is 0 Å². The number of hydrogen-bond donors (Lipinski definition) is 2. The van der Waals surface area contributed by atoms with Crippen molar-refractivity contribution in [3.8, 4) is 0 Å². The van der Waals surface area contributed by atoms with Crippen LogP contribution in [0.15, 0.2) is 36.7 Å². The first-order chi connectivity index (χ1) is 8.24. The summed E-state index contributed by atoms with van der Waals surface area (Å²) in [6, 6.07) is 7.02. The van der Waals surface area contributed by atoms with Crippen LogP contribution in [0.25, 0.3) is 0 Å². The SMILES string of the molecule is Nc1ccc(NC(=O)CCn2ccnn2)cc1. The molecule has 0 bridgehead atoms. The Morgan fingerprint density at radius 1 is 1.35 bits per heavy atom. The van der Waals surface area contributed by atoms with Crippen LogP contribution in [-0.4, -0.2) is 20.9 Å². The first-order valence-corrected chi connectivity index (χ1v) is 5.23. The van der Waals surface area contributed by atoms with E-state index in [1.54, 1.807) is 41.3 Å². The van der Waals surface area contributed by atoms with Crippen molar-refractivity contribution < 1.29 is 4.79 Å². The summed E-state index contributed by atoms with van der Waals surface area (Å²) in [5.74, 6) is -0.0646. The van der Waals surface area contributed by atoms with Crippen LogP contribution in [0.1, 0.15) is 6.42 Å². The van der Waals surface area contributed by atoms with Crippen molar-refractivity contribution >= 4 is 17.3 Å². The highest BCUT2D eigenvalue weighted by Gasteiger charge is 2.02. The summed E-state index contributed by atoms with van der Waals surface area (Å²) >= 11 is 0. The molecule has 6 nitrogen and oxygen atoms in total. The number of aryl methyl sites for hydroxylation is 1. The summed E-state index contributed by atoms with van der Waals surface area (Å²) in [5, 5.41) is 10.2. The van der Waals surface area contributed by atoms with E-state index in [1.807, 2.05) is 0 Å². The number of benzene rings is 1. The molecule has 0 saturated carbocycles. The van der Waals surface area contributed by atoms with Crippen LogP contribution in [0.3, 0.4) is 0 Å². The number of aromatic nitrogens is 3. The zero-order chi connectivity index (χ0) is 12.1. The predicted molar refractivity (Wildman–Crippen MR) is 64.1 cm³/mol. The molecular formula is C11H13N5O. The Bertz CT molecular complexity index is 477. The van der Waals surface area contributed by atoms with Gasteiger partial charge in [0.1, 0.15) is 0 Å². The number of nitrogens with two attached hydrogens (primary N) is 1. The third-order valence-electron chi connectivity index (χ3n) is 2.23. The summed E-state index contributed by atoms with van der Waals surface area (Å²) in [7, 11) is 0. The monoisotopic (exact) mass is 231 g/mol. The molecule has 0 aliphatic heterocycles. The van der Waals surface area contributed by atoms with Gasteiger partial charge in [-0.3, -0.25) is 9.48 Å². The van der Waals surface area contributed by atoms with Crippen LogP contribution in [-0.2, 0) is 11.3 Å². The maximum atomic E-state index is 11.6. The van der Waals surface area contributed by atoms with Crippen LogP contribution in [0.2, 0.25) is 0 Å². The van der Waals surface area contributed by atoms with Crippen LogP contribution in [0.4, 0.5) is 11.4 Å². The molecule has 2 aromatic rings. The highest BCUT2D eigenvalue weighted by molar-refractivity contribution is 5.90. The van der Waals surface area contributed by atoms with Gasteiger partial charge in [-0.1, -0.05) is 5.21 Å². The lowest BCUT2D eigenvalue weighted by molar-refractivity contribution is -0.116. The van der Waals surface area contributed by atoms with Crippen molar-refractivity contribution in [3.63, 3.8) is 0 Å². The number of nitrogens with one attached hydrogen (secondary N) is 1. The maximum absolute atomic E-state index is 11.6. The Morgan fingerprint density at radius 3 is 2.76 bits per heavy atom. The van der Waals surface area contributed by atoms with E-state index in [4.69, 9.17) is 5.73 Å². The smallest absolute Gasteiger partial charge is 0.226 e. The molecule has 0 fully saturated rings. The molecule has 3 N–H and O–H groups in total. The Kier molecular flexibility index (Phi) is 3.34. The van der Waals surface area contributed by atoms with Gasteiger partial charge in [0.2, 0.25) is 5.91 Å². The van der Waals surface area contributed by atoms with Crippen molar-refractivity contribution in [2.45, 2.75) is 13.0 Å². The molecule has 0 unspecified atom stereocenters. The average Bonchev–Trinajstić information content (AvgIpc) is 2.83. The molecule has 2 rings (SSSR count). The molecule has 17 heavy (non-hydrogen) atoms. The molecule has 1 amide bonds. The van der Waals surface area contributed by atoms with Crippen LogP contribution < -0.4 is 11.1 Å². The van der Waals surface area contributed by atoms with E-state index >= 15 is 0 Å². The molecular weight excluding hydrogens is 218 g/mol. The molecule has 6 heteroatoms. The second-order valence-corrected chi connectivity index (χ2v) is 3.59. The molecule has 1 aromatic carbocycles. The van der Waals surface area contributed by atoms with Crippen LogP contribution in [0.5, 0.6) is 0 Å².